The third-order valence-electron chi connectivity index (χ3n) is 11.0. The van der Waals surface area contributed by atoms with Crippen molar-refractivity contribution in [3.63, 3.8) is 0 Å². The minimum absolute atomic E-state index is 0.0379. The molecular weight excluding hydrogens is 824 g/mol. The first-order valence-electron chi connectivity index (χ1n) is 19.5. The van der Waals surface area contributed by atoms with Crippen molar-refractivity contribution in [2.75, 3.05) is 34.4 Å². The largest absolute Gasteiger partial charge is 0.497 e. The molecular formula is C44H46F3N9O5S. The Morgan fingerprint density at radius 2 is 1.27 bits per heavy atom. The average Bonchev–Trinajstić information content (AvgIpc) is 3.74. The first-order valence-corrected chi connectivity index (χ1v) is 21.0. The van der Waals surface area contributed by atoms with Gasteiger partial charge in [-0.25, -0.2) is 8.42 Å². The van der Waals surface area contributed by atoms with Crippen LogP contribution in [0, 0.1) is 5.41 Å². The Balaban J connectivity index is 1.40. The lowest BCUT2D eigenvalue weighted by atomic mass is 9.81. The number of nitrogens with two attached hydrogens (primary N) is 2. The van der Waals surface area contributed by atoms with Crippen molar-refractivity contribution in [3.05, 3.63) is 137 Å². The van der Waals surface area contributed by atoms with Gasteiger partial charge in [0.15, 0.2) is 5.96 Å². The van der Waals surface area contributed by atoms with Crippen LogP contribution in [0.1, 0.15) is 40.7 Å². The molecule has 14 nitrogen and oxygen atoms in total. The first kappa shape index (κ1) is 43.6. The van der Waals surface area contributed by atoms with E-state index in [1.54, 1.807) is 102 Å². The number of rotatable bonds is 14. The Morgan fingerprint density at radius 3 is 1.74 bits per heavy atom. The number of halogens is 3. The number of sulfonamides is 1. The number of benzene rings is 5. The summed E-state index contributed by atoms with van der Waals surface area (Å²) in [5.41, 5.74) is 13.1. The van der Waals surface area contributed by atoms with Gasteiger partial charge in [-0.05, 0) is 93.9 Å². The summed E-state index contributed by atoms with van der Waals surface area (Å²) in [6.07, 6.45) is -4.14. The van der Waals surface area contributed by atoms with E-state index >= 15 is 21.6 Å². The summed E-state index contributed by atoms with van der Waals surface area (Å²) in [6, 6.07) is 29.2. The van der Waals surface area contributed by atoms with Crippen molar-refractivity contribution < 1.29 is 35.8 Å². The fraction of sp³-hybridized carbons (Fsp3) is 0.273. The summed E-state index contributed by atoms with van der Waals surface area (Å²) in [4.78, 5) is 1.90. The normalized spacial score (nSPS) is 14.2. The topological polar surface area (TPSA) is 188 Å². The fourth-order valence-electron chi connectivity index (χ4n) is 7.48. The zero-order valence-electron chi connectivity index (χ0n) is 34.3. The molecule has 0 unspecified atom stereocenters. The number of piperidine rings is 1. The highest BCUT2D eigenvalue weighted by Crippen LogP contribution is 2.45. The molecule has 324 valence electrons. The van der Waals surface area contributed by atoms with Crippen molar-refractivity contribution in [2.24, 2.45) is 11.5 Å². The summed E-state index contributed by atoms with van der Waals surface area (Å²) in [5, 5.41) is 20.7. The van der Waals surface area contributed by atoms with Gasteiger partial charge in [-0.3, -0.25) is 5.41 Å². The number of aromatic nitrogens is 4. The zero-order valence-corrected chi connectivity index (χ0v) is 35.1. The molecule has 0 spiro atoms. The van der Waals surface area contributed by atoms with Crippen LogP contribution in [-0.4, -0.2) is 78.2 Å². The van der Waals surface area contributed by atoms with Gasteiger partial charge in [0.25, 0.3) is 0 Å². The van der Waals surface area contributed by atoms with Crippen LogP contribution in [0.25, 0.3) is 22.5 Å². The molecule has 62 heavy (non-hydrogen) atoms. The number of nitrogens with one attached hydrogen (secondary N) is 1. The molecule has 18 heteroatoms. The Labute approximate surface area is 357 Å². The van der Waals surface area contributed by atoms with Gasteiger partial charge < -0.3 is 30.6 Å². The lowest BCUT2D eigenvalue weighted by molar-refractivity contribution is -0.139. The molecule has 7 rings (SSSR count). The van der Waals surface area contributed by atoms with Crippen molar-refractivity contribution >= 4 is 16.0 Å². The third-order valence-corrected chi connectivity index (χ3v) is 12.9. The molecule has 5 N–H and O–H groups in total. The standard InChI is InChI=1S/C44H46F3N9O5S/c1-59-34-14-4-29(5-15-34)26-55(27-30-6-16-35(60-2)17-7-30)62(57,58)40-38(44(45,46)47)21-20-37(32-10-12-33(13-11-32)43(50)22-24-54(25-23-43)42(48)49)39(40)41-51-53-56(52-41)28-31-8-18-36(61-3)19-9-31/h4-21H,22-28,50H2,1-3H3,(H3,48,49). The Kier molecular flexibility index (Phi) is 12.5. The second-order valence-corrected chi connectivity index (χ2v) is 16.8. The van der Waals surface area contributed by atoms with E-state index in [1.807, 2.05) is 0 Å². The minimum atomic E-state index is -5.13. The molecule has 1 aliphatic heterocycles. The van der Waals surface area contributed by atoms with Crippen molar-refractivity contribution in [3.8, 4) is 39.8 Å². The van der Waals surface area contributed by atoms with E-state index < -0.39 is 32.2 Å². The molecule has 0 atom stereocenters. The van der Waals surface area contributed by atoms with Crippen LogP contribution in [0.15, 0.2) is 114 Å². The number of hydrogen-bond acceptors (Lipinski definition) is 10. The highest BCUT2D eigenvalue weighted by molar-refractivity contribution is 7.89. The molecule has 5 aromatic carbocycles. The monoisotopic (exact) mass is 869 g/mol. The second kappa shape index (κ2) is 17.8. The van der Waals surface area contributed by atoms with Gasteiger partial charge in [-0.2, -0.15) is 22.3 Å². The van der Waals surface area contributed by atoms with E-state index in [-0.39, 0.29) is 42.5 Å². The number of guanidine groups is 1. The van der Waals surface area contributed by atoms with Crippen LogP contribution in [-0.2, 0) is 41.4 Å². The zero-order chi connectivity index (χ0) is 44.2. The van der Waals surface area contributed by atoms with Gasteiger partial charge >= 0.3 is 6.18 Å². The maximum Gasteiger partial charge on any atom is 0.417 e. The Hall–Kier alpha value is -6.50. The van der Waals surface area contributed by atoms with Crippen molar-refractivity contribution in [2.45, 2.75) is 49.1 Å². The van der Waals surface area contributed by atoms with Crippen molar-refractivity contribution in [1.82, 2.24) is 29.4 Å². The van der Waals surface area contributed by atoms with Crippen molar-refractivity contribution in [1.29, 1.82) is 5.41 Å². The highest BCUT2D eigenvalue weighted by atomic mass is 32.2. The third kappa shape index (κ3) is 9.36. The van der Waals surface area contributed by atoms with E-state index in [4.69, 9.17) is 31.1 Å². The number of methoxy groups -OCH3 is 3. The molecule has 1 fully saturated rings. The molecule has 0 saturated carbocycles. The summed E-state index contributed by atoms with van der Waals surface area (Å²) >= 11 is 0. The molecule has 1 aromatic heterocycles. The van der Waals surface area contributed by atoms with Gasteiger partial charge in [0.1, 0.15) is 22.1 Å². The number of hydrogen-bond donors (Lipinski definition) is 3. The number of alkyl halides is 3. The van der Waals surface area contributed by atoms with Gasteiger partial charge in [0, 0.05) is 31.7 Å². The van der Waals surface area contributed by atoms with E-state index in [0.29, 0.717) is 59.9 Å². The van der Waals surface area contributed by atoms with E-state index in [2.05, 4.69) is 15.4 Å². The maximum absolute atomic E-state index is 15.4. The SMILES string of the molecule is COc1ccc(CN(Cc2ccc(OC)cc2)S(=O)(=O)c2c(C(F)(F)F)ccc(-c3ccc(C4(N)CCN(C(=N)N)CC4)cc3)c2-c2nnn(Cc3ccc(OC)cc3)n2)cc1. The number of ether oxygens (including phenoxy) is 3. The minimum Gasteiger partial charge on any atom is -0.497 e. The second-order valence-electron chi connectivity index (χ2n) is 14.9. The average molecular weight is 870 g/mol. The first-order chi connectivity index (χ1) is 29.6. The van der Waals surface area contributed by atoms with Crippen LogP contribution < -0.4 is 25.7 Å². The van der Waals surface area contributed by atoms with Crippen LogP contribution in [0.4, 0.5) is 13.2 Å². The molecule has 0 aliphatic carbocycles. The molecule has 1 aliphatic rings. The molecule has 2 heterocycles. The van der Waals surface area contributed by atoms with Crippen LogP contribution in [0.3, 0.4) is 0 Å². The lowest BCUT2D eigenvalue weighted by Crippen LogP contribution is -2.51. The summed E-state index contributed by atoms with van der Waals surface area (Å²) in [7, 11) is -0.572. The van der Waals surface area contributed by atoms with Crippen LogP contribution in [0.5, 0.6) is 17.2 Å². The van der Waals surface area contributed by atoms with E-state index in [0.717, 1.165) is 21.5 Å². The maximum atomic E-state index is 15.4. The summed E-state index contributed by atoms with van der Waals surface area (Å²) < 4.78 is 93.9. The Morgan fingerprint density at radius 1 is 0.774 bits per heavy atom. The molecule has 1 saturated heterocycles. The van der Waals surface area contributed by atoms with Gasteiger partial charge in [-0.1, -0.05) is 66.7 Å². The quantitative estimate of drug-likeness (QED) is 0.0788. The number of likely N-dealkylation sites (tertiary alicyclic amines) is 1. The van der Waals surface area contributed by atoms with E-state index in [1.165, 1.54) is 32.2 Å². The van der Waals surface area contributed by atoms with Gasteiger partial charge in [0.2, 0.25) is 15.8 Å². The van der Waals surface area contributed by atoms with E-state index in [9.17, 15) is 0 Å². The smallest absolute Gasteiger partial charge is 0.417 e. The van der Waals surface area contributed by atoms with Crippen LogP contribution >= 0.6 is 0 Å². The fourth-order valence-corrected chi connectivity index (χ4v) is 9.30. The highest BCUT2D eigenvalue weighted by Gasteiger charge is 2.43. The molecule has 0 amide bonds. The van der Waals surface area contributed by atoms with Gasteiger partial charge in [-0.15, -0.1) is 10.2 Å². The number of tetrazole rings is 1. The lowest BCUT2D eigenvalue weighted by Gasteiger charge is -2.39. The van der Waals surface area contributed by atoms with Crippen LogP contribution in [0.2, 0.25) is 0 Å². The molecule has 6 aromatic rings. The predicted molar refractivity (Wildman–Crippen MR) is 227 cm³/mol. The summed E-state index contributed by atoms with van der Waals surface area (Å²) in [6.45, 7) is 0.414. The predicted octanol–water partition coefficient (Wildman–Crippen LogP) is 6.63. The Bertz CT molecular complexity index is 2570. The number of nitrogens with zero attached hydrogens (tertiary/aromatic N) is 6. The molecule has 0 radical (unpaired) electrons. The van der Waals surface area contributed by atoms with Gasteiger partial charge in [0.05, 0.1) is 39.0 Å². The summed E-state index contributed by atoms with van der Waals surface area (Å²) in [5.74, 6) is 1.28. The molecule has 0 bridgehead atoms.